The predicted octanol–water partition coefficient (Wildman–Crippen LogP) is 4.42. The number of aliphatic hydroxyl groups is 1. The van der Waals surface area contributed by atoms with E-state index in [2.05, 4.69) is 21.3 Å². The number of ether oxygens (including phenoxy) is 1. The molecule has 4 aromatic rings. The molecule has 0 saturated carbocycles. The molecule has 3 N–H and O–H groups in total. The lowest BCUT2D eigenvalue weighted by atomic mass is 10.0. The van der Waals surface area contributed by atoms with E-state index in [0.29, 0.717) is 46.9 Å². The Kier molecular flexibility index (Phi) is 9.73. The number of nitrogens with zero attached hydrogens (tertiary/aromatic N) is 7. The zero-order valence-corrected chi connectivity index (χ0v) is 25.2. The summed E-state index contributed by atoms with van der Waals surface area (Å²) in [4.78, 5) is 22.0. The van der Waals surface area contributed by atoms with Crippen molar-refractivity contribution in [3.8, 4) is 11.8 Å². The Morgan fingerprint density at radius 2 is 1.93 bits per heavy atom. The van der Waals surface area contributed by atoms with Crippen molar-refractivity contribution in [1.82, 2.24) is 19.5 Å². The summed E-state index contributed by atoms with van der Waals surface area (Å²) >= 11 is 0. The molecule has 0 radical (unpaired) electrons. The highest BCUT2D eigenvalue weighted by Gasteiger charge is 2.22. The number of likely N-dealkylation sites (tertiary alicyclic amines) is 1. The Bertz CT molecular complexity index is 1680. The average Bonchev–Trinajstić information content (AvgIpc) is 3.40. The molecule has 4 heterocycles. The average molecular weight is 583 g/mol. The number of carbonyl (C=O) groups excluding carboxylic acids is 1. The fraction of sp³-hybridized carbons (Fsp3) is 0.375. The lowest BCUT2D eigenvalue weighted by molar-refractivity contribution is -0.119. The number of fused-ring (bicyclic) bond motifs is 2. The predicted molar refractivity (Wildman–Crippen MR) is 167 cm³/mol. The maximum Gasteiger partial charge on any atom is 0.209 e. The summed E-state index contributed by atoms with van der Waals surface area (Å²) in [6.07, 6.45) is 8.98. The van der Waals surface area contributed by atoms with Gasteiger partial charge in [0, 0.05) is 48.2 Å². The Morgan fingerprint density at radius 1 is 1.23 bits per heavy atom. The summed E-state index contributed by atoms with van der Waals surface area (Å²) in [5.74, 6) is 6.33. The zero-order valence-electron chi connectivity index (χ0n) is 25.2. The number of hydrogen-bond acceptors (Lipinski definition) is 9. The van der Waals surface area contributed by atoms with Crippen molar-refractivity contribution in [2.45, 2.75) is 65.2 Å². The quantitative estimate of drug-likeness (QED) is 0.141. The summed E-state index contributed by atoms with van der Waals surface area (Å²) in [6.45, 7) is 10.4. The van der Waals surface area contributed by atoms with Gasteiger partial charge in [0.1, 0.15) is 34.7 Å². The third-order valence-electron chi connectivity index (χ3n) is 6.91. The van der Waals surface area contributed by atoms with Gasteiger partial charge < -0.3 is 20.6 Å². The van der Waals surface area contributed by atoms with Crippen LogP contribution in [0.3, 0.4) is 0 Å². The number of rotatable bonds is 7. The van der Waals surface area contributed by atoms with Gasteiger partial charge in [-0.05, 0) is 58.9 Å². The highest BCUT2D eigenvalue weighted by molar-refractivity contribution is 6.47. The van der Waals surface area contributed by atoms with Crippen molar-refractivity contribution < 1.29 is 14.6 Å². The van der Waals surface area contributed by atoms with E-state index < -0.39 is 5.60 Å². The lowest BCUT2D eigenvalue weighted by Gasteiger charge is -2.27. The van der Waals surface area contributed by atoms with Gasteiger partial charge in [-0.1, -0.05) is 24.3 Å². The van der Waals surface area contributed by atoms with Crippen molar-refractivity contribution >= 4 is 34.1 Å². The first-order valence-corrected chi connectivity index (χ1v) is 14.2. The van der Waals surface area contributed by atoms with E-state index in [1.165, 1.54) is 6.20 Å². The van der Waals surface area contributed by atoms with Gasteiger partial charge in [-0.15, -0.1) is 0 Å². The zero-order chi connectivity index (χ0) is 31.1. The molecule has 1 unspecified atom stereocenters. The molecule has 1 amide bonds. The summed E-state index contributed by atoms with van der Waals surface area (Å²) in [7, 11) is 0. The van der Waals surface area contributed by atoms with E-state index in [1.807, 2.05) is 50.4 Å². The Morgan fingerprint density at radius 3 is 2.58 bits per heavy atom. The van der Waals surface area contributed by atoms with E-state index in [4.69, 9.17) is 20.7 Å². The normalized spacial score (nSPS) is 15.5. The van der Waals surface area contributed by atoms with Gasteiger partial charge in [0.2, 0.25) is 6.41 Å². The summed E-state index contributed by atoms with van der Waals surface area (Å²) in [6, 6.07) is 12.1. The lowest BCUT2D eigenvalue weighted by Crippen LogP contribution is -2.34. The Hall–Kier alpha value is -4.82. The van der Waals surface area contributed by atoms with Crippen molar-refractivity contribution in [3.63, 3.8) is 0 Å². The minimum atomic E-state index is -0.500. The van der Waals surface area contributed by atoms with Gasteiger partial charge in [0.25, 0.3) is 0 Å². The van der Waals surface area contributed by atoms with Gasteiger partial charge in [0.05, 0.1) is 23.6 Å². The number of amides is 1. The second-order valence-electron chi connectivity index (χ2n) is 11.5. The number of aliphatic imine (C=N–C) groups is 1. The number of nitriles is 1. The smallest absolute Gasteiger partial charge is 0.209 e. The molecule has 1 aromatic carbocycles. The highest BCUT2D eigenvalue weighted by Crippen LogP contribution is 2.32. The summed E-state index contributed by atoms with van der Waals surface area (Å²) in [5, 5.41) is 28.7. The van der Waals surface area contributed by atoms with Crippen LogP contribution in [0.1, 0.15) is 70.3 Å². The molecule has 1 fully saturated rings. The van der Waals surface area contributed by atoms with Gasteiger partial charge in [-0.3, -0.25) is 14.8 Å². The summed E-state index contributed by atoms with van der Waals surface area (Å²) in [5.41, 5.74) is 3.23. The van der Waals surface area contributed by atoms with Crippen molar-refractivity contribution in [2.24, 2.45) is 15.9 Å². The third-order valence-corrected chi connectivity index (χ3v) is 6.91. The molecule has 5 rings (SSSR count). The molecule has 1 aliphatic rings. The molecule has 11 nitrogen and oxygen atoms in total. The minimum Gasteiger partial charge on any atom is -0.484 e. The van der Waals surface area contributed by atoms with E-state index in [9.17, 15) is 10.1 Å². The van der Waals surface area contributed by atoms with Crippen LogP contribution < -0.4 is 10.6 Å². The second kappa shape index (κ2) is 13.4. The molecular formula is C32H38N8O3. The van der Waals surface area contributed by atoms with Gasteiger partial charge in [-0.2, -0.15) is 15.5 Å². The van der Waals surface area contributed by atoms with Crippen LogP contribution in [0.5, 0.6) is 5.75 Å². The number of nitrogens with two attached hydrogens (primary N) is 1. The SMILES string of the molecule is CC(=NC1CCN(C=O)CC1)/C(=N\N)c1cc(OC(C)c2cncc3ccccc23)c2c(C#N)cnn2c1.CC(C)(C)O. The van der Waals surface area contributed by atoms with Crippen LogP contribution in [0.15, 0.2) is 65.2 Å². The summed E-state index contributed by atoms with van der Waals surface area (Å²) < 4.78 is 8.10. The van der Waals surface area contributed by atoms with Crippen LogP contribution >= 0.6 is 0 Å². The molecule has 1 atom stereocenters. The number of benzene rings is 1. The Balaban J connectivity index is 0.000000782. The fourth-order valence-corrected chi connectivity index (χ4v) is 4.94. The number of aromatic nitrogens is 3. The van der Waals surface area contributed by atoms with Crippen molar-refractivity contribution in [2.75, 3.05) is 13.1 Å². The molecule has 0 aliphatic carbocycles. The topological polar surface area (TPSA) is 154 Å². The first-order valence-electron chi connectivity index (χ1n) is 14.2. The maximum absolute atomic E-state index is 11.0. The first-order chi connectivity index (χ1) is 20.5. The van der Waals surface area contributed by atoms with E-state index in [-0.39, 0.29) is 12.1 Å². The van der Waals surface area contributed by atoms with Crippen LogP contribution in [0.2, 0.25) is 0 Å². The molecule has 1 aliphatic heterocycles. The standard InChI is InChI=1S/C28H28N8O2.C4H10O/c1-18(33-23-7-9-35(17-37)10-8-23)27(34-30)21-11-26(28-22(12-29)14-32-36(28)16-21)38-19(2)25-15-31-13-20-5-3-4-6-24(20)25;1-4(2,3)5/h3-6,11,13-17,19,23H,7-10,30H2,1-2H3;5H,1-3H3/b33-18?,34-27+;. The van der Waals surface area contributed by atoms with Gasteiger partial charge in [-0.25, -0.2) is 4.52 Å². The van der Waals surface area contributed by atoms with Crippen LogP contribution in [0, 0.1) is 11.3 Å². The monoisotopic (exact) mass is 582 g/mol. The van der Waals surface area contributed by atoms with Crippen LogP contribution in [-0.2, 0) is 4.79 Å². The molecule has 11 heteroatoms. The molecule has 43 heavy (non-hydrogen) atoms. The van der Waals surface area contributed by atoms with E-state index in [1.54, 1.807) is 42.6 Å². The third kappa shape index (κ3) is 7.72. The number of hydrogen-bond donors (Lipinski definition) is 2. The molecule has 0 bridgehead atoms. The molecule has 224 valence electrons. The van der Waals surface area contributed by atoms with Crippen LogP contribution in [-0.4, -0.2) is 67.2 Å². The maximum atomic E-state index is 11.0. The number of piperidine rings is 1. The number of pyridine rings is 2. The number of carbonyl (C=O) groups is 1. The van der Waals surface area contributed by atoms with Crippen LogP contribution in [0.4, 0.5) is 0 Å². The second-order valence-corrected chi connectivity index (χ2v) is 11.5. The van der Waals surface area contributed by atoms with Crippen molar-refractivity contribution in [1.29, 1.82) is 5.26 Å². The fourth-order valence-electron chi connectivity index (χ4n) is 4.94. The molecular weight excluding hydrogens is 544 g/mol. The van der Waals surface area contributed by atoms with E-state index in [0.717, 1.165) is 35.6 Å². The number of hydrazone groups is 1. The minimum absolute atomic E-state index is 0.0798. The largest absolute Gasteiger partial charge is 0.484 e. The van der Waals surface area contributed by atoms with Crippen molar-refractivity contribution in [3.05, 3.63) is 71.8 Å². The Labute approximate surface area is 251 Å². The van der Waals surface area contributed by atoms with Crippen LogP contribution in [0.25, 0.3) is 16.3 Å². The molecule has 3 aromatic heterocycles. The highest BCUT2D eigenvalue weighted by atomic mass is 16.5. The first kappa shape index (κ1) is 31.1. The van der Waals surface area contributed by atoms with Gasteiger partial charge in [0.15, 0.2) is 0 Å². The molecule has 0 spiro atoms. The van der Waals surface area contributed by atoms with Gasteiger partial charge >= 0.3 is 0 Å². The molecule has 1 saturated heterocycles. The van der Waals surface area contributed by atoms with E-state index >= 15 is 0 Å².